The van der Waals surface area contributed by atoms with Gasteiger partial charge in [-0.05, 0) is 24.3 Å². The fourth-order valence-corrected chi connectivity index (χ4v) is 4.16. The third-order valence-corrected chi connectivity index (χ3v) is 5.80. The summed E-state index contributed by atoms with van der Waals surface area (Å²) in [6.45, 7) is 0.810. The molecule has 4 aromatic rings. The van der Waals surface area contributed by atoms with Gasteiger partial charge in [-0.15, -0.1) is 10.2 Å². The zero-order valence-electron chi connectivity index (χ0n) is 17.4. The SMILES string of the molecule is O=C([O-])c1ccccc1N=C1CCN(c2nc3ccc(Cl)cc3n3c(C(F)(F)F)nnc23)CC1. The van der Waals surface area contributed by atoms with Gasteiger partial charge in [-0.2, -0.15) is 13.2 Å². The van der Waals surface area contributed by atoms with Gasteiger partial charge in [0.05, 0.1) is 22.7 Å². The molecule has 0 radical (unpaired) electrons. The molecule has 34 heavy (non-hydrogen) atoms. The van der Waals surface area contributed by atoms with Gasteiger partial charge < -0.3 is 14.8 Å². The Labute approximate surface area is 195 Å². The number of carboxylic acid groups (broad SMARTS) is 1. The van der Waals surface area contributed by atoms with Crippen molar-refractivity contribution in [1.82, 2.24) is 19.6 Å². The Morgan fingerprint density at radius 1 is 1.09 bits per heavy atom. The molecule has 1 aliphatic rings. The van der Waals surface area contributed by atoms with Crippen LogP contribution in [0.4, 0.5) is 24.7 Å². The maximum absolute atomic E-state index is 13.6. The van der Waals surface area contributed by atoms with Crippen LogP contribution in [0.1, 0.15) is 29.0 Å². The lowest BCUT2D eigenvalue weighted by Crippen LogP contribution is -2.35. The Kier molecular flexibility index (Phi) is 5.35. The first-order valence-electron chi connectivity index (χ1n) is 10.3. The second kappa shape index (κ2) is 8.24. The third kappa shape index (κ3) is 3.92. The molecule has 1 fully saturated rings. The van der Waals surface area contributed by atoms with Crippen molar-refractivity contribution >= 4 is 51.5 Å². The van der Waals surface area contributed by atoms with Crippen molar-refractivity contribution in [3.05, 3.63) is 58.9 Å². The Morgan fingerprint density at radius 2 is 1.82 bits per heavy atom. The average Bonchev–Trinajstić information content (AvgIpc) is 3.26. The number of aromatic carboxylic acids is 1. The molecule has 0 bridgehead atoms. The maximum Gasteiger partial charge on any atom is 0.452 e. The third-order valence-electron chi connectivity index (χ3n) is 5.56. The molecule has 174 valence electrons. The van der Waals surface area contributed by atoms with Crippen LogP contribution in [0.2, 0.25) is 5.02 Å². The van der Waals surface area contributed by atoms with E-state index in [1.54, 1.807) is 30.3 Å². The summed E-state index contributed by atoms with van der Waals surface area (Å²) in [5.74, 6) is -2.20. The van der Waals surface area contributed by atoms with Gasteiger partial charge in [-0.25, -0.2) is 4.98 Å². The van der Waals surface area contributed by atoms with Crippen LogP contribution >= 0.6 is 11.6 Å². The van der Waals surface area contributed by atoms with E-state index in [1.807, 2.05) is 4.90 Å². The molecule has 3 heterocycles. The van der Waals surface area contributed by atoms with Crippen LogP contribution in [0.3, 0.4) is 0 Å². The van der Waals surface area contributed by atoms with Crippen LogP contribution in [0.15, 0.2) is 47.5 Å². The minimum atomic E-state index is -4.72. The van der Waals surface area contributed by atoms with Gasteiger partial charge in [-0.1, -0.05) is 29.8 Å². The average molecular weight is 488 g/mol. The van der Waals surface area contributed by atoms with E-state index < -0.39 is 18.0 Å². The van der Waals surface area contributed by atoms with Crippen molar-refractivity contribution < 1.29 is 23.1 Å². The van der Waals surface area contributed by atoms with Gasteiger partial charge in [0.2, 0.25) is 11.5 Å². The molecule has 0 aliphatic carbocycles. The van der Waals surface area contributed by atoms with E-state index in [9.17, 15) is 23.1 Å². The number of alkyl halides is 3. The van der Waals surface area contributed by atoms with Gasteiger partial charge in [0.1, 0.15) is 0 Å². The van der Waals surface area contributed by atoms with Gasteiger partial charge in [0.25, 0.3) is 0 Å². The Hall–Kier alpha value is -3.73. The number of nitrogens with zero attached hydrogens (tertiary/aromatic N) is 6. The standard InChI is InChI=1S/C22H16ClF3N6O2/c23-12-5-6-16-17(11-12)32-19(29-30-21(32)22(24,25)26)18(28-16)31-9-7-13(8-10-31)27-15-4-2-1-3-14(15)20(33)34/h1-6,11H,7-10H2,(H,33,34)/p-1. The normalized spacial score (nSPS) is 14.7. The predicted molar refractivity (Wildman–Crippen MR) is 118 cm³/mol. The number of carbonyl (C=O) groups excluding carboxylic acids is 1. The number of rotatable bonds is 3. The lowest BCUT2D eigenvalue weighted by atomic mass is 10.1. The van der Waals surface area contributed by atoms with Crippen LogP contribution in [0.5, 0.6) is 0 Å². The highest BCUT2D eigenvalue weighted by Gasteiger charge is 2.38. The number of hydrogen-bond acceptors (Lipinski definition) is 7. The minimum absolute atomic E-state index is 0.00265. The molecule has 5 rings (SSSR count). The van der Waals surface area contributed by atoms with Gasteiger partial charge in [0, 0.05) is 42.2 Å². The number of hydrogen-bond donors (Lipinski definition) is 0. The van der Waals surface area contributed by atoms with Crippen molar-refractivity contribution in [3.8, 4) is 0 Å². The smallest absolute Gasteiger partial charge is 0.452 e. The number of anilines is 1. The van der Waals surface area contributed by atoms with Crippen LogP contribution in [0.25, 0.3) is 16.7 Å². The van der Waals surface area contributed by atoms with Crippen LogP contribution in [-0.4, -0.2) is 44.4 Å². The van der Waals surface area contributed by atoms with Crippen molar-refractivity contribution in [2.45, 2.75) is 19.0 Å². The highest BCUT2D eigenvalue weighted by Crippen LogP contribution is 2.34. The fraction of sp³-hybridized carbons (Fsp3) is 0.227. The first-order chi connectivity index (χ1) is 16.2. The van der Waals surface area contributed by atoms with E-state index in [0.717, 1.165) is 10.1 Å². The van der Waals surface area contributed by atoms with E-state index in [1.165, 1.54) is 12.1 Å². The fourth-order valence-electron chi connectivity index (χ4n) is 3.99. The second-order valence-electron chi connectivity index (χ2n) is 7.72. The number of aliphatic imine (C=N–C) groups is 1. The van der Waals surface area contributed by atoms with E-state index in [-0.39, 0.29) is 27.6 Å². The predicted octanol–water partition coefficient (Wildman–Crippen LogP) is 3.69. The monoisotopic (exact) mass is 487 g/mol. The van der Waals surface area contributed by atoms with Crippen LogP contribution in [-0.2, 0) is 6.18 Å². The Bertz CT molecular complexity index is 1460. The molecular weight excluding hydrogens is 473 g/mol. The van der Waals surface area contributed by atoms with Crippen molar-refractivity contribution in [2.24, 2.45) is 4.99 Å². The van der Waals surface area contributed by atoms with Crippen molar-refractivity contribution in [3.63, 3.8) is 0 Å². The lowest BCUT2D eigenvalue weighted by Gasteiger charge is -2.29. The topological polar surface area (TPSA) is 98.8 Å². The molecule has 0 spiro atoms. The van der Waals surface area contributed by atoms with E-state index >= 15 is 0 Å². The van der Waals surface area contributed by atoms with Crippen LogP contribution < -0.4 is 10.0 Å². The molecule has 0 amide bonds. The molecule has 8 nitrogen and oxygen atoms in total. The number of benzene rings is 2. The zero-order valence-corrected chi connectivity index (χ0v) is 18.1. The summed E-state index contributed by atoms with van der Waals surface area (Å²) in [6, 6.07) is 10.8. The van der Waals surface area contributed by atoms with Crippen molar-refractivity contribution in [1.29, 1.82) is 0 Å². The summed E-state index contributed by atoms with van der Waals surface area (Å²) >= 11 is 6.03. The Morgan fingerprint density at radius 3 is 2.53 bits per heavy atom. The summed E-state index contributed by atoms with van der Waals surface area (Å²) in [7, 11) is 0. The number of aromatic nitrogens is 4. The first kappa shape index (κ1) is 22.1. The molecule has 2 aromatic heterocycles. The number of carbonyl (C=O) groups is 1. The van der Waals surface area contributed by atoms with E-state index in [4.69, 9.17) is 11.6 Å². The number of para-hydroxylation sites is 1. The number of halogens is 4. The summed E-state index contributed by atoms with van der Waals surface area (Å²) in [5.41, 5.74) is 1.52. The number of fused-ring (bicyclic) bond motifs is 3. The Balaban J connectivity index is 1.52. The largest absolute Gasteiger partial charge is 0.545 e. The molecular formula is C22H15ClF3N6O2-. The highest BCUT2D eigenvalue weighted by atomic mass is 35.5. The van der Waals surface area contributed by atoms with E-state index in [0.29, 0.717) is 37.1 Å². The summed E-state index contributed by atoms with van der Waals surface area (Å²) in [5, 5.41) is 18.8. The van der Waals surface area contributed by atoms with Gasteiger partial charge >= 0.3 is 6.18 Å². The summed E-state index contributed by atoms with van der Waals surface area (Å²) < 4.78 is 41.9. The maximum atomic E-state index is 13.6. The molecule has 1 aliphatic heterocycles. The van der Waals surface area contributed by atoms with Crippen LogP contribution in [0, 0.1) is 0 Å². The lowest BCUT2D eigenvalue weighted by molar-refractivity contribution is -0.254. The quantitative estimate of drug-likeness (QED) is 0.437. The number of carboxylic acids is 1. The van der Waals surface area contributed by atoms with Gasteiger partial charge in [-0.3, -0.25) is 9.39 Å². The highest BCUT2D eigenvalue weighted by molar-refractivity contribution is 6.31. The molecule has 0 N–H and O–H groups in total. The molecule has 2 aromatic carbocycles. The summed E-state index contributed by atoms with van der Waals surface area (Å²) in [6.07, 6.45) is -3.79. The summed E-state index contributed by atoms with van der Waals surface area (Å²) in [4.78, 5) is 22.2. The minimum Gasteiger partial charge on any atom is -0.545 e. The molecule has 12 heteroatoms. The zero-order chi connectivity index (χ0) is 24.0. The second-order valence-corrected chi connectivity index (χ2v) is 8.15. The molecule has 1 saturated heterocycles. The molecule has 0 saturated carbocycles. The van der Waals surface area contributed by atoms with E-state index in [2.05, 4.69) is 20.2 Å². The van der Waals surface area contributed by atoms with Crippen molar-refractivity contribution in [2.75, 3.05) is 18.0 Å². The first-order valence-corrected chi connectivity index (χ1v) is 10.6. The molecule has 0 atom stereocenters. The number of piperidine rings is 1. The van der Waals surface area contributed by atoms with Gasteiger partial charge in [0.15, 0.2) is 5.82 Å². The molecule has 0 unspecified atom stereocenters.